The van der Waals surface area contributed by atoms with E-state index in [1.54, 1.807) is 24.3 Å². The summed E-state index contributed by atoms with van der Waals surface area (Å²) in [6, 6.07) is 16.3. The van der Waals surface area contributed by atoms with E-state index in [0.717, 1.165) is 10.5 Å². The SMILES string of the molecule is CC=CCS(=NS(=O)(=O)c1ccc(C)cc1)c1ccccc1. The van der Waals surface area contributed by atoms with Crippen LogP contribution in [-0.4, -0.2) is 14.2 Å². The Labute approximate surface area is 134 Å². The maximum Gasteiger partial charge on any atom is 0.288 e. The van der Waals surface area contributed by atoms with E-state index in [4.69, 9.17) is 0 Å². The number of rotatable bonds is 5. The number of hydrogen-bond donors (Lipinski definition) is 0. The van der Waals surface area contributed by atoms with E-state index in [2.05, 4.69) is 3.77 Å². The van der Waals surface area contributed by atoms with Gasteiger partial charge in [-0.1, -0.05) is 48.0 Å². The minimum Gasteiger partial charge on any atom is -0.199 e. The molecule has 0 aliphatic heterocycles. The molecule has 0 aromatic heterocycles. The fraction of sp³-hybridized carbons (Fsp3) is 0.176. The van der Waals surface area contributed by atoms with E-state index < -0.39 is 20.7 Å². The molecule has 3 nitrogen and oxygen atoms in total. The van der Waals surface area contributed by atoms with Gasteiger partial charge in [0.15, 0.2) is 0 Å². The van der Waals surface area contributed by atoms with Crippen molar-refractivity contribution in [2.45, 2.75) is 23.6 Å². The lowest BCUT2D eigenvalue weighted by Gasteiger charge is -2.07. The highest BCUT2D eigenvalue weighted by atomic mass is 32.3. The van der Waals surface area contributed by atoms with Crippen molar-refractivity contribution >= 4 is 20.7 Å². The van der Waals surface area contributed by atoms with Gasteiger partial charge in [-0.2, -0.15) is 8.42 Å². The molecule has 2 aromatic carbocycles. The monoisotopic (exact) mass is 333 g/mol. The van der Waals surface area contributed by atoms with Crippen molar-refractivity contribution in [2.75, 3.05) is 5.75 Å². The van der Waals surface area contributed by atoms with Gasteiger partial charge in [0.25, 0.3) is 10.0 Å². The Hall–Kier alpha value is -1.72. The fourth-order valence-electron chi connectivity index (χ4n) is 1.81. The molecular formula is C17H19NO2S2. The van der Waals surface area contributed by atoms with Crippen LogP contribution in [0.5, 0.6) is 0 Å². The quantitative estimate of drug-likeness (QED) is 0.773. The minimum absolute atomic E-state index is 0.243. The van der Waals surface area contributed by atoms with Gasteiger partial charge < -0.3 is 0 Å². The van der Waals surface area contributed by atoms with Gasteiger partial charge in [-0.25, -0.2) is 0 Å². The summed E-state index contributed by atoms with van der Waals surface area (Å²) in [6.45, 7) is 3.84. The average Bonchev–Trinajstić information content (AvgIpc) is 2.52. The predicted octanol–water partition coefficient (Wildman–Crippen LogP) is 4.12. The van der Waals surface area contributed by atoms with Crippen LogP contribution in [0, 0.1) is 6.92 Å². The summed E-state index contributed by atoms with van der Waals surface area (Å²) in [7, 11) is -4.36. The van der Waals surface area contributed by atoms with E-state index >= 15 is 0 Å². The van der Waals surface area contributed by atoms with Gasteiger partial charge in [-0.15, -0.1) is 3.77 Å². The molecule has 0 aliphatic rings. The molecule has 2 aromatic rings. The van der Waals surface area contributed by atoms with Crippen molar-refractivity contribution < 1.29 is 8.42 Å². The van der Waals surface area contributed by atoms with Gasteiger partial charge in [0, 0.05) is 10.6 Å². The summed E-state index contributed by atoms with van der Waals surface area (Å²) in [5.41, 5.74) is 1.02. The topological polar surface area (TPSA) is 46.5 Å². The van der Waals surface area contributed by atoms with Crippen LogP contribution >= 0.6 is 0 Å². The van der Waals surface area contributed by atoms with E-state index in [0.29, 0.717) is 5.75 Å². The Balaban J connectivity index is 2.45. The molecule has 0 amide bonds. The molecule has 1 atom stereocenters. The molecule has 2 rings (SSSR count). The summed E-state index contributed by atoms with van der Waals surface area (Å²) in [4.78, 5) is 1.17. The largest absolute Gasteiger partial charge is 0.288 e. The van der Waals surface area contributed by atoms with Crippen LogP contribution in [0.2, 0.25) is 0 Å². The molecule has 0 saturated heterocycles. The molecule has 0 heterocycles. The molecule has 0 aliphatic carbocycles. The normalized spacial score (nSPS) is 13.5. The average molecular weight is 333 g/mol. The first-order valence-corrected chi connectivity index (χ1v) is 9.74. The summed E-state index contributed by atoms with van der Waals surface area (Å²) in [5, 5.41) is 0. The van der Waals surface area contributed by atoms with Gasteiger partial charge in [0.05, 0.1) is 4.90 Å². The lowest BCUT2D eigenvalue weighted by Crippen LogP contribution is -2.03. The van der Waals surface area contributed by atoms with Crippen molar-refractivity contribution in [2.24, 2.45) is 3.77 Å². The van der Waals surface area contributed by atoms with E-state index in [1.165, 1.54) is 0 Å². The third kappa shape index (κ3) is 4.39. The number of nitrogens with zero attached hydrogens (tertiary/aromatic N) is 1. The van der Waals surface area contributed by atoms with Crippen LogP contribution in [0.15, 0.2) is 80.3 Å². The highest BCUT2D eigenvalue weighted by molar-refractivity contribution is 8.00. The third-order valence-corrected chi connectivity index (χ3v) is 6.71. The van der Waals surface area contributed by atoms with Crippen LogP contribution in [0.4, 0.5) is 0 Å². The van der Waals surface area contributed by atoms with Crippen molar-refractivity contribution in [3.8, 4) is 0 Å². The smallest absolute Gasteiger partial charge is 0.199 e. The van der Waals surface area contributed by atoms with Gasteiger partial charge in [-0.3, -0.25) is 0 Å². The molecule has 0 fully saturated rings. The molecule has 1 unspecified atom stereocenters. The summed E-state index contributed by atoms with van der Waals surface area (Å²) >= 11 is 0. The summed E-state index contributed by atoms with van der Waals surface area (Å²) in [6.07, 6.45) is 3.86. The lowest BCUT2D eigenvalue weighted by molar-refractivity contribution is 0.598. The molecule has 116 valence electrons. The zero-order valence-electron chi connectivity index (χ0n) is 12.6. The second-order valence-electron chi connectivity index (χ2n) is 4.78. The van der Waals surface area contributed by atoms with Crippen molar-refractivity contribution in [3.63, 3.8) is 0 Å². The first-order chi connectivity index (χ1) is 10.5. The Bertz CT molecular complexity index is 777. The number of hydrogen-bond acceptors (Lipinski definition) is 2. The molecule has 0 radical (unpaired) electrons. The van der Waals surface area contributed by atoms with Gasteiger partial charge in [-0.05, 0) is 48.8 Å². The number of allylic oxidation sites excluding steroid dienone is 1. The van der Waals surface area contributed by atoms with Crippen LogP contribution in [0.3, 0.4) is 0 Å². The second-order valence-corrected chi connectivity index (χ2v) is 8.33. The fourth-order valence-corrected chi connectivity index (χ4v) is 5.20. The predicted molar refractivity (Wildman–Crippen MR) is 92.5 cm³/mol. The Morgan fingerprint density at radius 2 is 1.68 bits per heavy atom. The maximum absolute atomic E-state index is 12.5. The first-order valence-electron chi connectivity index (χ1n) is 6.95. The van der Waals surface area contributed by atoms with Crippen molar-refractivity contribution in [1.82, 2.24) is 0 Å². The highest BCUT2D eigenvalue weighted by Gasteiger charge is 2.14. The Morgan fingerprint density at radius 1 is 1.05 bits per heavy atom. The van der Waals surface area contributed by atoms with Crippen molar-refractivity contribution in [3.05, 3.63) is 72.3 Å². The Kier molecular flexibility index (Phi) is 5.69. The standard InChI is InChI=1S/C17H19NO2S2/c1-3-4-14-21(16-8-6-5-7-9-16)18-22(19,20)17-12-10-15(2)11-13-17/h3-13H,14H2,1-2H3. The third-order valence-electron chi connectivity index (χ3n) is 3.01. The second kappa shape index (κ2) is 7.51. The molecule has 0 saturated carbocycles. The van der Waals surface area contributed by atoms with E-state index in [9.17, 15) is 8.42 Å². The molecule has 5 heteroatoms. The minimum atomic E-state index is -3.65. The highest BCUT2D eigenvalue weighted by Crippen LogP contribution is 2.18. The van der Waals surface area contributed by atoms with Crippen LogP contribution in [-0.2, 0) is 20.7 Å². The molecule has 0 bridgehead atoms. The Morgan fingerprint density at radius 3 is 2.27 bits per heavy atom. The number of sulfonamides is 1. The lowest BCUT2D eigenvalue weighted by atomic mass is 10.2. The van der Waals surface area contributed by atoms with Crippen molar-refractivity contribution in [1.29, 1.82) is 0 Å². The molecule has 0 N–H and O–H groups in total. The maximum atomic E-state index is 12.5. The first kappa shape index (κ1) is 16.6. The van der Waals surface area contributed by atoms with Gasteiger partial charge in [0.1, 0.15) is 0 Å². The van der Waals surface area contributed by atoms with E-state index in [1.807, 2.05) is 56.3 Å². The summed E-state index contributed by atoms with van der Waals surface area (Å²) < 4.78 is 29.2. The van der Waals surface area contributed by atoms with Crippen LogP contribution in [0.25, 0.3) is 0 Å². The zero-order chi connectivity index (χ0) is 16.0. The van der Waals surface area contributed by atoms with Crippen LogP contribution < -0.4 is 0 Å². The van der Waals surface area contributed by atoms with E-state index in [-0.39, 0.29) is 4.90 Å². The number of benzene rings is 2. The number of aryl methyl sites for hydroxylation is 1. The molecule has 0 spiro atoms. The van der Waals surface area contributed by atoms with Gasteiger partial charge in [0.2, 0.25) is 0 Å². The molecule has 22 heavy (non-hydrogen) atoms. The molecular weight excluding hydrogens is 314 g/mol. The zero-order valence-corrected chi connectivity index (χ0v) is 14.3. The van der Waals surface area contributed by atoms with Crippen LogP contribution in [0.1, 0.15) is 12.5 Å². The summed E-state index contributed by atoms with van der Waals surface area (Å²) in [5.74, 6) is 0.589. The van der Waals surface area contributed by atoms with Gasteiger partial charge >= 0.3 is 0 Å².